The van der Waals surface area contributed by atoms with E-state index >= 15 is 0 Å². The van der Waals surface area contributed by atoms with Crippen LogP contribution >= 0.6 is 0 Å². The molecule has 1 N–H and O–H groups in total. The molecule has 142 valence electrons. The quantitative estimate of drug-likeness (QED) is 0.768. The summed E-state index contributed by atoms with van der Waals surface area (Å²) >= 11 is 0. The molecule has 0 saturated carbocycles. The van der Waals surface area contributed by atoms with Crippen molar-refractivity contribution in [1.29, 1.82) is 0 Å². The number of hydrogen-bond acceptors (Lipinski definition) is 4. The number of imidazole rings is 1. The molecule has 6 nitrogen and oxygen atoms in total. The van der Waals surface area contributed by atoms with Crippen LogP contribution in [0.4, 0.5) is 0 Å². The Kier molecular flexibility index (Phi) is 4.45. The van der Waals surface area contributed by atoms with Crippen LogP contribution in [-0.4, -0.2) is 38.5 Å². The van der Waals surface area contributed by atoms with Crippen molar-refractivity contribution in [2.45, 2.75) is 51.4 Å². The smallest absolute Gasteiger partial charge is 0.150 e. The van der Waals surface area contributed by atoms with Crippen LogP contribution in [0.3, 0.4) is 0 Å². The van der Waals surface area contributed by atoms with Crippen molar-refractivity contribution >= 4 is 11.0 Å². The fourth-order valence-electron chi connectivity index (χ4n) is 4.42. The molecule has 3 aromatic rings. The highest BCUT2D eigenvalue weighted by atomic mass is 16.5. The van der Waals surface area contributed by atoms with Crippen molar-refractivity contribution in [3.05, 3.63) is 36.9 Å². The van der Waals surface area contributed by atoms with E-state index in [2.05, 4.69) is 51.3 Å². The minimum atomic E-state index is 0.0813. The van der Waals surface area contributed by atoms with Crippen LogP contribution in [0.15, 0.2) is 36.9 Å². The van der Waals surface area contributed by atoms with Gasteiger partial charge in [-0.25, -0.2) is 9.67 Å². The van der Waals surface area contributed by atoms with Gasteiger partial charge in [-0.05, 0) is 62.8 Å². The molecule has 2 aliphatic rings. The monoisotopic (exact) mass is 365 g/mol. The van der Waals surface area contributed by atoms with E-state index in [9.17, 15) is 0 Å². The van der Waals surface area contributed by atoms with Gasteiger partial charge in [-0.1, -0.05) is 6.07 Å². The lowest BCUT2D eigenvalue weighted by Crippen LogP contribution is -2.18. The summed E-state index contributed by atoms with van der Waals surface area (Å²) in [6.07, 6.45) is 10.7. The first-order valence-electron chi connectivity index (χ1n) is 10.1. The first kappa shape index (κ1) is 17.0. The highest BCUT2D eigenvalue weighted by Crippen LogP contribution is 2.28. The summed E-state index contributed by atoms with van der Waals surface area (Å²) in [5.74, 6) is 0.686. The zero-order valence-electron chi connectivity index (χ0n) is 15.8. The van der Waals surface area contributed by atoms with Crippen molar-refractivity contribution in [3.8, 4) is 11.1 Å². The van der Waals surface area contributed by atoms with Gasteiger partial charge < -0.3 is 14.6 Å². The zero-order chi connectivity index (χ0) is 18.2. The fraction of sp³-hybridized carbons (Fsp3) is 0.524. The van der Waals surface area contributed by atoms with Crippen LogP contribution in [0.5, 0.6) is 0 Å². The highest BCUT2D eigenvalue weighted by molar-refractivity contribution is 5.81. The van der Waals surface area contributed by atoms with Gasteiger partial charge in [-0.15, -0.1) is 0 Å². The molecule has 2 saturated heterocycles. The largest absolute Gasteiger partial charge is 0.357 e. The Morgan fingerprint density at radius 2 is 2.22 bits per heavy atom. The van der Waals surface area contributed by atoms with Crippen LogP contribution < -0.4 is 5.32 Å². The number of aromatic nitrogens is 4. The van der Waals surface area contributed by atoms with E-state index in [1.54, 1.807) is 0 Å². The van der Waals surface area contributed by atoms with Crippen molar-refractivity contribution in [2.75, 3.05) is 13.2 Å². The molecule has 4 heterocycles. The summed E-state index contributed by atoms with van der Waals surface area (Å²) in [5, 5.41) is 8.07. The third kappa shape index (κ3) is 3.39. The maximum absolute atomic E-state index is 5.84. The highest BCUT2D eigenvalue weighted by Gasteiger charge is 2.21. The van der Waals surface area contributed by atoms with Crippen LogP contribution in [0.2, 0.25) is 0 Å². The van der Waals surface area contributed by atoms with Crippen LogP contribution in [0.25, 0.3) is 22.2 Å². The molecule has 1 aromatic carbocycles. The first-order valence-corrected chi connectivity index (χ1v) is 10.1. The lowest BCUT2D eigenvalue weighted by molar-refractivity contribution is -0.0394. The van der Waals surface area contributed by atoms with Crippen molar-refractivity contribution in [3.63, 3.8) is 0 Å². The lowest BCUT2D eigenvalue weighted by atomic mass is 10.1. The van der Waals surface area contributed by atoms with Gasteiger partial charge in [0.15, 0.2) is 0 Å². The molecular weight excluding hydrogens is 338 g/mol. The number of hydrogen-bond donors (Lipinski definition) is 1. The second kappa shape index (κ2) is 7.09. The van der Waals surface area contributed by atoms with E-state index in [0.717, 1.165) is 49.2 Å². The van der Waals surface area contributed by atoms with Crippen molar-refractivity contribution in [2.24, 2.45) is 5.92 Å². The summed E-state index contributed by atoms with van der Waals surface area (Å²) in [6.45, 7) is 5.22. The molecule has 0 bridgehead atoms. The predicted molar refractivity (Wildman–Crippen MR) is 105 cm³/mol. The lowest BCUT2D eigenvalue weighted by Gasteiger charge is -2.22. The molecule has 2 aliphatic heterocycles. The fourth-order valence-corrected chi connectivity index (χ4v) is 4.42. The Morgan fingerprint density at radius 3 is 3.04 bits per heavy atom. The van der Waals surface area contributed by atoms with E-state index in [4.69, 9.17) is 4.74 Å². The van der Waals surface area contributed by atoms with Crippen LogP contribution in [0, 0.1) is 5.92 Å². The van der Waals surface area contributed by atoms with E-state index in [1.165, 1.54) is 18.4 Å². The Morgan fingerprint density at radius 1 is 1.26 bits per heavy atom. The summed E-state index contributed by atoms with van der Waals surface area (Å²) < 4.78 is 10.1. The summed E-state index contributed by atoms with van der Waals surface area (Å²) in [5.41, 5.74) is 4.54. The number of ether oxygens (including phenoxy) is 1. The number of rotatable bonds is 4. The first-order chi connectivity index (χ1) is 13.3. The molecule has 0 amide bonds. The zero-order valence-corrected chi connectivity index (χ0v) is 15.8. The van der Waals surface area contributed by atoms with E-state index in [-0.39, 0.29) is 6.23 Å². The Balaban J connectivity index is 1.36. The Bertz CT molecular complexity index is 924. The van der Waals surface area contributed by atoms with Gasteiger partial charge in [0.25, 0.3) is 0 Å². The average molecular weight is 365 g/mol. The maximum Gasteiger partial charge on any atom is 0.150 e. The molecule has 1 unspecified atom stereocenters. The summed E-state index contributed by atoms with van der Waals surface area (Å²) in [6, 6.07) is 7.17. The normalized spacial score (nSPS) is 26.0. The standard InChI is InChI=1S/C21H27N5O/c1-15-8-16(10-22-15)12-25-14-23-19-9-17(5-6-20(19)25)18-11-24-26(13-18)21-4-2-3-7-27-21/h5-6,9,11,13-16,21-22H,2-4,7-8,10,12H2,1H3/t15-,16+,21?/m0/s1. The summed E-state index contributed by atoms with van der Waals surface area (Å²) in [7, 11) is 0. The average Bonchev–Trinajstić information content (AvgIpc) is 3.43. The molecule has 2 fully saturated rings. The molecule has 5 rings (SSSR count). The number of nitrogens with one attached hydrogen (secondary N) is 1. The van der Waals surface area contributed by atoms with Gasteiger partial charge >= 0.3 is 0 Å². The van der Waals surface area contributed by atoms with Gasteiger partial charge in [0.2, 0.25) is 0 Å². The van der Waals surface area contributed by atoms with Gasteiger partial charge in [0.05, 0.1) is 23.6 Å². The molecule has 0 spiro atoms. The molecule has 27 heavy (non-hydrogen) atoms. The number of nitrogens with zero attached hydrogens (tertiary/aromatic N) is 4. The van der Waals surface area contributed by atoms with Gasteiger partial charge in [0.1, 0.15) is 6.23 Å². The van der Waals surface area contributed by atoms with Crippen molar-refractivity contribution < 1.29 is 4.74 Å². The Hall–Kier alpha value is -2.18. The summed E-state index contributed by atoms with van der Waals surface area (Å²) in [4.78, 5) is 4.65. The molecule has 0 radical (unpaired) electrons. The number of fused-ring (bicyclic) bond motifs is 1. The molecule has 0 aliphatic carbocycles. The molecular formula is C21H27N5O. The minimum Gasteiger partial charge on any atom is -0.357 e. The maximum atomic E-state index is 5.84. The van der Waals surface area contributed by atoms with Crippen LogP contribution in [-0.2, 0) is 11.3 Å². The van der Waals surface area contributed by atoms with Gasteiger partial charge in [0, 0.05) is 31.0 Å². The SMILES string of the molecule is C[C@H]1C[C@@H](Cn2cnc3cc(-c4cnn(C5CCCCO5)c4)ccc32)CN1. The van der Waals surface area contributed by atoms with E-state index in [1.807, 2.05) is 17.2 Å². The Labute approximate surface area is 159 Å². The second-order valence-electron chi connectivity index (χ2n) is 8.04. The molecule has 6 heteroatoms. The van der Waals surface area contributed by atoms with Gasteiger partial charge in [-0.2, -0.15) is 5.10 Å². The van der Waals surface area contributed by atoms with E-state index in [0.29, 0.717) is 12.0 Å². The molecule has 2 aromatic heterocycles. The third-order valence-corrected chi connectivity index (χ3v) is 5.90. The minimum absolute atomic E-state index is 0.0813. The third-order valence-electron chi connectivity index (χ3n) is 5.90. The topological polar surface area (TPSA) is 56.9 Å². The van der Waals surface area contributed by atoms with Crippen LogP contribution in [0.1, 0.15) is 38.8 Å². The second-order valence-corrected chi connectivity index (χ2v) is 8.04. The van der Waals surface area contributed by atoms with Crippen molar-refractivity contribution in [1.82, 2.24) is 24.6 Å². The number of benzene rings is 1. The predicted octanol–water partition coefficient (Wildman–Crippen LogP) is 3.60. The molecule has 3 atom stereocenters. The van der Waals surface area contributed by atoms with E-state index < -0.39 is 0 Å². The van der Waals surface area contributed by atoms with Gasteiger partial charge in [-0.3, -0.25) is 0 Å².